The van der Waals surface area contributed by atoms with Gasteiger partial charge in [-0.25, -0.2) is 4.79 Å². The summed E-state index contributed by atoms with van der Waals surface area (Å²) in [5.41, 5.74) is 0.312. The van der Waals surface area contributed by atoms with Crippen molar-refractivity contribution in [2.24, 2.45) is 5.41 Å². The molecule has 5 heteroatoms. The van der Waals surface area contributed by atoms with E-state index in [2.05, 4.69) is 24.5 Å². The third-order valence-corrected chi connectivity index (χ3v) is 3.47. The van der Waals surface area contributed by atoms with Crippen LogP contribution >= 0.6 is 0 Å². The molecule has 0 heterocycles. The summed E-state index contributed by atoms with van der Waals surface area (Å²) >= 11 is 0. The summed E-state index contributed by atoms with van der Waals surface area (Å²) in [4.78, 5) is 22.1. The first-order chi connectivity index (χ1) is 8.28. The van der Waals surface area contributed by atoms with E-state index in [-0.39, 0.29) is 24.5 Å². The Hall–Kier alpha value is -1.26. The maximum Gasteiger partial charge on any atom is 0.315 e. The average Bonchev–Trinajstić information content (AvgIpc) is 2.54. The van der Waals surface area contributed by atoms with Crippen LogP contribution in [0.4, 0.5) is 4.79 Å². The van der Waals surface area contributed by atoms with Crippen molar-refractivity contribution in [2.45, 2.75) is 65.0 Å². The highest BCUT2D eigenvalue weighted by molar-refractivity contribution is 5.74. The lowest BCUT2D eigenvalue weighted by Crippen LogP contribution is -2.45. The summed E-state index contributed by atoms with van der Waals surface area (Å²) in [7, 11) is 0. The van der Waals surface area contributed by atoms with Crippen molar-refractivity contribution < 1.29 is 14.7 Å². The Bertz CT molecular complexity index is 315. The summed E-state index contributed by atoms with van der Waals surface area (Å²) in [5, 5.41) is 14.3. The Labute approximate surface area is 108 Å². The van der Waals surface area contributed by atoms with Crippen molar-refractivity contribution in [2.75, 3.05) is 0 Å². The minimum absolute atomic E-state index is 0.0813. The number of rotatable bonds is 5. The molecule has 0 saturated heterocycles. The third kappa shape index (κ3) is 5.38. The van der Waals surface area contributed by atoms with E-state index < -0.39 is 5.97 Å². The summed E-state index contributed by atoms with van der Waals surface area (Å²) in [6.07, 6.45) is 3.69. The Morgan fingerprint density at radius 3 is 2.61 bits per heavy atom. The van der Waals surface area contributed by atoms with E-state index in [1.165, 1.54) is 0 Å². The lowest BCUT2D eigenvalue weighted by molar-refractivity contribution is -0.137. The van der Waals surface area contributed by atoms with Gasteiger partial charge in [0.2, 0.25) is 0 Å². The van der Waals surface area contributed by atoms with Gasteiger partial charge in [0.05, 0.1) is 0 Å². The predicted octanol–water partition coefficient (Wildman–Crippen LogP) is 2.12. The number of carboxylic acid groups (broad SMARTS) is 1. The number of carbonyl (C=O) groups excluding carboxylic acids is 1. The molecule has 0 aromatic heterocycles. The van der Waals surface area contributed by atoms with Gasteiger partial charge in [0.25, 0.3) is 0 Å². The van der Waals surface area contributed by atoms with Gasteiger partial charge in [0.15, 0.2) is 0 Å². The summed E-state index contributed by atoms with van der Waals surface area (Å²) in [6, 6.07) is -0.0576. The summed E-state index contributed by atoms with van der Waals surface area (Å²) in [5.74, 6) is -0.832. The number of aliphatic carboxylic acids is 1. The fraction of sp³-hybridized carbons (Fsp3) is 0.846. The molecule has 18 heavy (non-hydrogen) atoms. The van der Waals surface area contributed by atoms with Crippen LogP contribution in [0.5, 0.6) is 0 Å². The predicted molar refractivity (Wildman–Crippen MR) is 69.4 cm³/mol. The molecule has 0 aliphatic heterocycles. The van der Waals surface area contributed by atoms with Crippen molar-refractivity contribution in [3.63, 3.8) is 0 Å². The number of nitrogens with one attached hydrogen (secondary N) is 2. The van der Waals surface area contributed by atoms with Crippen LogP contribution in [0.25, 0.3) is 0 Å². The van der Waals surface area contributed by atoms with E-state index in [1.54, 1.807) is 0 Å². The van der Waals surface area contributed by atoms with E-state index in [4.69, 9.17) is 5.11 Å². The smallest absolute Gasteiger partial charge is 0.315 e. The molecular weight excluding hydrogens is 232 g/mol. The topological polar surface area (TPSA) is 78.4 Å². The first-order valence-corrected chi connectivity index (χ1v) is 6.57. The largest absolute Gasteiger partial charge is 0.481 e. The molecule has 2 unspecified atom stereocenters. The Balaban J connectivity index is 2.23. The number of urea groups is 1. The van der Waals surface area contributed by atoms with Crippen LogP contribution in [0.2, 0.25) is 0 Å². The monoisotopic (exact) mass is 256 g/mol. The van der Waals surface area contributed by atoms with Crippen LogP contribution < -0.4 is 10.6 Å². The van der Waals surface area contributed by atoms with E-state index in [9.17, 15) is 9.59 Å². The zero-order valence-electron chi connectivity index (χ0n) is 11.5. The molecule has 1 saturated carbocycles. The minimum atomic E-state index is -0.832. The van der Waals surface area contributed by atoms with Crippen molar-refractivity contribution in [3.8, 4) is 0 Å². The second-order valence-corrected chi connectivity index (χ2v) is 6.06. The van der Waals surface area contributed by atoms with Gasteiger partial charge >= 0.3 is 12.0 Å². The number of carboxylic acids is 1. The van der Waals surface area contributed by atoms with Gasteiger partial charge < -0.3 is 15.7 Å². The highest BCUT2D eigenvalue weighted by Gasteiger charge is 2.31. The summed E-state index contributed by atoms with van der Waals surface area (Å²) < 4.78 is 0. The first-order valence-electron chi connectivity index (χ1n) is 6.57. The molecule has 0 radical (unpaired) electrons. The van der Waals surface area contributed by atoms with E-state index >= 15 is 0 Å². The molecule has 1 aliphatic carbocycles. The second kappa shape index (κ2) is 6.07. The standard InChI is InChI=1S/C13H24N2O3/c1-9(4-5-11(16)17)14-12(18)15-10-6-7-13(2,3)8-10/h9-10H,4-8H2,1-3H3,(H,16,17)(H2,14,15,18). The number of amides is 2. The molecule has 1 aliphatic rings. The van der Waals surface area contributed by atoms with Crippen molar-refractivity contribution in [3.05, 3.63) is 0 Å². The third-order valence-electron chi connectivity index (χ3n) is 3.47. The minimum Gasteiger partial charge on any atom is -0.481 e. The zero-order chi connectivity index (χ0) is 13.8. The second-order valence-electron chi connectivity index (χ2n) is 6.06. The molecule has 0 bridgehead atoms. The lowest BCUT2D eigenvalue weighted by Gasteiger charge is -2.19. The van der Waals surface area contributed by atoms with Gasteiger partial charge in [-0.1, -0.05) is 13.8 Å². The fourth-order valence-electron chi connectivity index (χ4n) is 2.42. The quantitative estimate of drug-likeness (QED) is 0.705. The maximum atomic E-state index is 11.7. The van der Waals surface area contributed by atoms with Crippen LogP contribution in [0, 0.1) is 5.41 Å². The molecular formula is C13H24N2O3. The molecule has 0 aromatic carbocycles. The first kappa shape index (κ1) is 14.8. The number of hydrogen-bond acceptors (Lipinski definition) is 2. The van der Waals surface area contributed by atoms with Gasteiger partial charge in [0, 0.05) is 18.5 Å². The molecule has 2 amide bonds. The van der Waals surface area contributed by atoms with Crippen LogP contribution in [0.15, 0.2) is 0 Å². The van der Waals surface area contributed by atoms with Crippen LogP contribution in [-0.4, -0.2) is 29.2 Å². The van der Waals surface area contributed by atoms with Crippen LogP contribution in [0.3, 0.4) is 0 Å². The lowest BCUT2D eigenvalue weighted by atomic mass is 9.92. The van der Waals surface area contributed by atoms with Crippen LogP contribution in [0.1, 0.15) is 52.9 Å². The normalized spacial score (nSPS) is 23.4. The molecule has 2 atom stereocenters. The highest BCUT2D eigenvalue weighted by Crippen LogP contribution is 2.36. The number of carbonyl (C=O) groups is 2. The van der Waals surface area contributed by atoms with Crippen LogP contribution in [-0.2, 0) is 4.79 Å². The van der Waals surface area contributed by atoms with Gasteiger partial charge in [-0.2, -0.15) is 0 Å². The Morgan fingerprint density at radius 1 is 1.44 bits per heavy atom. The maximum absolute atomic E-state index is 11.7. The zero-order valence-corrected chi connectivity index (χ0v) is 11.5. The molecule has 0 aromatic rings. The molecule has 104 valence electrons. The van der Waals surface area contributed by atoms with E-state index in [0.29, 0.717) is 11.8 Å². The van der Waals surface area contributed by atoms with E-state index in [1.807, 2.05) is 6.92 Å². The van der Waals surface area contributed by atoms with Gasteiger partial charge in [-0.15, -0.1) is 0 Å². The van der Waals surface area contributed by atoms with Crippen molar-refractivity contribution >= 4 is 12.0 Å². The van der Waals surface area contributed by atoms with Gasteiger partial charge in [-0.3, -0.25) is 4.79 Å². The van der Waals surface area contributed by atoms with Gasteiger partial charge in [-0.05, 0) is 38.0 Å². The molecule has 0 spiro atoms. The average molecular weight is 256 g/mol. The van der Waals surface area contributed by atoms with Crippen molar-refractivity contribution in [1.82, 2.24) is 10.6 Å². The highest BCUT2D eigenvalue weighted by atomic mass is 16.4. The molecule has 1 rings (SSSR count). The molecule has 1 fully saturated rings. The molecule has 3 N–H and O–H groups in total. The molecule has 5 nitrogen and oxygen atoms in total. The summed E-state index contributed by atoms with van der Waals surface area (Å²) in [6.45, 7) is 6.24. The Kier molecular flexibility index (Phi) is 4.99. The fourth-order valence-corrected chi connectivity index (χ4v) is 2.42. The van der Waals surface area contributed by atoms with E-state index in [0.717, 1.165) is 19.3 Å². The Morgan fingerprint density at radius 2 is 2.11 bits per heavy atom. The van der Waals surface area contributed by atoms with Gasteiger partial charge in [0.1, 0.15) is 0 Å². The van der Waals surface area contributed by atoms with Crippen molar-refractivity contribution in [1.29, 1.82) is 0 Å². The number of hydrogen-bond donors (Lipinski definition) is 3. The SMILES string of the molecule is CC(CCC(=O)O)NC(=O)NC1CCC(C)(C)C1.